The van der Waals surface area contributed by atoms with Crippen molar-refractivity contribution in [3.8, 4) is 22.4 Å². The van der Waals surface area contributed by atoms with Gasteiger partial charge in [0.2, 0.25) is 0 Å². The van der Waals surface area contributed by atoms with E-state index in [0.29, 0.717) is 0 Å². The first-order valence-corrected chi connectivity index (χ1v) is 9.94. The molecule has 0 N–H and O–H groups in total. The highest BCUT2D eigenvalue weighted by molar-refractivity contribution is 7.98. The second-order valence-electron chi connectivity index (χ2n) is 6.47. The Morgan fingerprint density at radius 3 is 1.96 bits per heavy atom. The van der Waals surface area contributed by atoms with Gasteiger partial charge in [0.05, 0.1) is 5.69 Å². The molecule has 0 aliphatic heterocycles. The minimum atomic E-state index is 0.897. The van der Waals surface area contributed by atoms with Crippen molar-refractivity contribution < 1.29 is 0 Å². The second-order valence-corrected chi connectivity index (χ2v) is 7.47. The van der Waals surface area contributed by atoms with Crippen LogP contribution < -0.4 is 0 Å². The highest BCUT2D eigenvalue weighted by atomic mass is 32.2. The Balaban J connectivity index is 1.43. The van der Waals surface area contributed by atoms with Crippen LogP contribution >= 0.6 is 11.8 Å². The first-order chi connectivity index (χ1) is 13.3. The van der Waals surface area contributed by atoms with E-state index in [-0.39, 0.29) is 0 Å². The number of thioether (sulfide) groups is 1. The molecule has 3 aromatic carbocycles. The Labute approximate surface area is 164 Å². The van der Waals surface area contributed by atoms with Gasteiger partial charge in [-0.2, -0.15) is 0 Å². The Morgan fingerprint density at radius 2 is 1.30 bits per heavy atom. The van der Waals surface area contributed by atoms with Gasteiger partial charge in [0.1, 0.15) is 5.03 Å². The van der Waals surface area contributed by atoms with Crippen LogP contribution in [-0.2, 0) is 5.75 Å². The summed E-state index contributed by atoms with van der Waals surface area (Å²) >= 11 is 1.71. The van der Waals surface area contributed by atoms with E-state index >= 15 is 0 Å². The topological polar surface area (TPSA) is 25.8 Å². The van der Waals surface area contributed by atoms with Gasteiger partial charge in [-0.25, -0.2) is 0 Å². The monoisotopic (exact) mass is 368 g/mol. The van der Waals surface area contributed by atoms with Crippen LogP contribution in [0.5, 0.6) is 0 Å². The maximum atomic E-state index is 4.41. The highest BCUT2D eigenvalue weighted by Gasteiger charge is 2.04. The van der Waals surface area contributed by atoms with Gasteiger partial charge in [-0.15, -0.1) is 10.2 Å². The maximum absolute atomic E-state index is 4.41. The molecule has 4 rings (SSSR count). The van der Waals surface area contributed by atoms with Crippen molar-refractivity contribution in [1.29, 1.82) is 0 Å². The maximum Gasteiger partial charge on any atom is 0.119 e. The zero-order valence-electron chi connectivity index (χ0n) is 15.2. The van der Waals surface area contributed by atoms with E-state index in [1.807, 2.05) is 18.2 Å². The summed E-state index contributed by atoms with van der Waals surface area (Å²) in [5, 5.41) is 9.73. The standard InChI is InChI=1S/C24H20N2S/c1-18-7-9-19(10-8-18)17-27-24-16-15-23(25-26-24)22-13-11-21(12-14-22)20-5-3-2-4-6-20/h2-16H,17H2,1H3. The lowest BCUT2D eigenvalue weighted by molar-refractivity contribution is 0.935. The summed E-state index contributed by atoms with van der Waals surface area (Å²) in [6.45, 7) is 2.10. The molecule has 0 unspecified atom stereocenters. The first kappa shape index (κ1) is 17.5. The molecule has 0 spiro atoms. The average Bonchev–Trinajstić information content (AvgIpc) is 2.75. The largest absolute Gasteiger partial charge is 0.149 e. The quantitative estimate of drug-likeness (QED) is 0.381. The van der Waals surface area contributed by atoms with Gasteiger partial charge in [-0.1, -0.05) is 96.2 Å². The summed E-state index contributed by atoms with van der Waals surface area (Å²) in [6, 6.07) is 31.6. The summed E-state index contributed by atoms with van der Waals surface area (Å²) < 4.78 is 0. The van der Waals surface area contributed by atoms with Gasteiger partial charge in [-0.05, 0) is 35.7 Å². The third-order valence-corrected chi connectivity index (χ3v) is 5.43. The highest BCUT2D eigenvalue weighted by Crippen LogP contribution is 2.25. The predicted molar refractivity (Wildman–Crippen MR) is 114 cm³/mol. The molecular formula is C24H20N2S. The zero-order chi connectivity index (χ0) is 18.5. The minimum absolute atomic E-state index is 0.897. The Bertz CT molecular complexity index is 993. The number of benzene rings is 3. The molecule has 0 amide bonds. The van der Waals surface area contributed by atoms with Crippen molar-refractivity contribution in [3.63, 3.8) is 0 Å². The van der Waals surface area contributed by atoms with Crippen molar-refractivity contribution >= 4 is 11.8 Å². The number of hydrogen-bond acceptors (Lipinski definition) is 3. The molecule has 0 saturated heterocycles. The van der Waals surface area contributed by atoms with Gasteiger partial charge >= 0.3 is 0 Å². The number of aromatic nitrogens is 2. The smallest absolute Gasteiger partial charge is 0.119 e. The number of aryl methyl sites for hydroxylation is 1. The van der Waals surface area contributed by atoms with E-state index in [1.165, 1.54) is 22.3 Å². The summed E-state index contributed by atoms with van der Waals surface area (Å²) in [6.07, 6.45) is 0. The van der Waals surface area contributed by atoms with Crippen LogP contribution in [0.15, 0.2) is 96.0 Å². The average molecular weight is 369 g/mol. The van der Waals surface area contributed by atoms with Gasteiger partial charge in [0.25, 0.3) is 0 Å². The third-order valence-electron chi connectivity index (χ3n) is 4.44. The van der Waals surface area contributed by atoms with Crippen LogP contribution in [0, 0.1) is 6.92 Å². The van der Waals surface area contributed by atoms with E-state index in [1.54, 1.807) is 11.8 Å². The minimum Gasteiger partial charge on any atom is -0.149 e. The van der Waals surface area contributed by atoms with Crippen molar-refractivity contribution in [1.82, 2.24) is 10.2 Å². The van der Waals surface area contributed by atoms with E-state index in [9.17, 15) is 0 Å². The van der Waals surface area contributed by atoms with Gasteiger partial charge in [-0.3, -0.25) is 0 Å². The van der Waals surface area contributed by atoms with Crippen molar-refractivity contribution in [2.75, 3.05) is 0 Å². The Kier molecular flexibility index (Phi) is 5.31. The molecule has 2 nitrogen and oxygen atoms in total. The molecule has 3 heteroatoms. The second kappa shape index (κ2) is 8.19. The SMILES string of the molecule is Cc1ccc(CSc2ccc(-c3ccc(-c4ccccc4)cc3)nn2)cc1. The molecule has 0 atom stereocenters. The summed E-state index contributed by atoms with van der Waals surface area (Å²) in [4.78, 5) is 0. The summed E-state index contributed by atoms with van der Waals surface area (Å²) in [5.74, 6) is 0.903. The molecular weight excluding hydrogens is 348 g/mol. The molecule has 0 aliphatic rings. The molecule has 27 heavy (non-hydrogen) atoms. The molecule has 132 valence electrons. The number of hydrogen-bond donors (Lipinski definition) is 0. The van der Waals surface area contributed by atoms with Crippen LogP contribution in [0.25, 0.3) is 22.4 Å². The Morgan fingerprint density at radius 1 is 0.630 bits per heavy atom. The molecule has 0 aliphatic carbocycles. The molecule has 0 saturated carbocycles. The van der Waals surface area contributed by atoms with Crippen LogP contribution in [0.1, 0.15) is 11.1 Å². The van der Waals surface area contributed by atoms with Crippen LogP contribution in [0.2, 0.25) is 0 Å². The fraction of sp³-hybridized carbons (Fsp3) is 0.0833. The van der Waals surface area contributed by atoms with Crippen LogP contribution in [0.3, 0.4) is 0 Å². The lowest BCUT2D eigenvalue weighted by Gasteiger charge is -2.05. The van der Waals surface area contributed by atoms with Crippen molar-refractivity contribution in [2.24, 2.45) is 0 Å². The number of nitrogens with zero attached hydrogens (tertiary/aromatic N) is 2. The third kappa shape index (κ3) is 4.44. The summed E-state index contributed by atoms with van der Waals surface area (Å²) in [5.41, 5.74) is 6.99. The normalized spacial score (nSPS) is 10.7. The zero-order valence-corrected chi connectivity index (χ0v) is 16.0. The lowest BCUT2D eigenvalue weighted by Crippen LogP contribution is -1.90. The van der Waals surface area contributed by atoms with Gasteiger partial charge < -0.3 is 0 Å². The van der Waals surface area contributed by atoms with Crippen LogP contribution in [-0.4, -0.2) is 10.2 Å². The summed E-state index contributed by atoms with van der Waals surface area (Å²) in [7, 11) is 0. The molecule has 1 aromatic heterocycles. The van der Waals surface area contributed by atoms with E-state index in [4.69, 9.17) is 0 Å². The predicted octanol–water partition coefficient (Wildman–Crippen LogP) is 6.41. The van der Waals surface area contributed by atoms with E-state index in [0.717, 1.165) is 22.0 Å². The van der Waals surface area contributed by atoms with Crippen molar-refractivity contribution in [2.45, 2.75) is 17.7 Å². The first-order valence-electron chi connectivity index (χ1n) is 8.96. The molecule has 1 heterocycles. The van der Waals surface area contributed by atoms with Gasteiger partial charge in [0.15, 0.2) is 0 Å². The molecule has 0 fully saturated rings. The fourth-order valence-corrected chi connectivity index (χ4v) is 3.63. The van der Waals surface area contributed by atoms with Crippen molar-refractivity contribution in [3.05, 3.63) is 102 Å². The van der Waals surface area contributed by atoms with Crippen LogP contribution in [0.4, 0.5) is 0 Å². The fourth-order valence-electron chi connectivity index (χ4n) is 2.86. The molecule has 4 aromatic rings. The van der Waals surface area contributed by atoms with Gasteiger partial charge in [0, 0.05) is 11.3 Å². The molecule has 0 radical (unpaired) electrons. The van der Waals surface area contributed by atoms with E-state index < -0.39 is 0 Å². The Hall–Kier alpha value is -2.91. The number of rotatable bonds is 5. The molecule has 0 bridgehead atoms. The lowest BCUT2D eigenvalue weighted by atomic mass is 10.0. The van der Waals surface area contributed by atoms with E-state index in [2.05, 4.69) is 89.9 Å².